The second-order valence-electron chi connectivity index (χ2n) is 23.9. The zero-order valence-electron chi connectivity index (χ0n) is 53.6. The quantitative estimate of drug-likeness (QED) is 0.0188. The van der Waals surface area contributed by atoms with Crippen LogP contribution in [0.3, 0.4) is 0 Å². The predicted molar refractivity (Wildman–Crippen MR) is 344 cm³/mol. The van der Waals surface area contributed by atoms with Crippen LogP contribution in [-0.4, -0.2) is 185 Å². The molecular formula is C62H98N18O12. The third-order valence-corrected chi connectivity index (χ3v) is 16.0. The van der Waals surface area contributed by atoms with E-state index < -0.39 is 132 Å². The number of benzene rings is 2. The lowest BCUT2D eigenvalue weighted by atomic mass is 9.96. The number of primary amides is 1. The first-order valence-electron chi connectivity index (χ1n) is 31.6. The van der Waals surface area contributed by atoms with E-state index in [1.165, 1.54) is 28.9 Å². The standard InChI is InChI=1S/C62H98N18O12/c1-6-37(4)51(59(91)75-44(20-13-29-70-62(67)68)60(92)80-31-15-22-49(80)58(90)73-42(52(64)84)18-10-11-27-63)78-54(86)43(19-12-28-69-61(65)66)74-55(87)45(32-36(2)3)76-56(88)47(33-39-16-8-7-9-17-39)77-57(89)48-21-14-30-79(48)50(83)35-71-53(85)46(72-38(5)81)34-40-23-25-41(82)26-24-40/h7-9,16-17,23-26,36-37,42-49,51,82H,6,10-15,18-22,27-35,63H2,1-5H3,(H2,64,84)(H,71,85)(H,72,81)(H,73,90)(H,74,87)(H,75,91)(H,76,88)(H,77,89)(H,78,86)(H4,65,66,69)(H4,67,68,70)/t37-,42-,43-,44-,45-,46-,47-,48-,49-,51-/m0/s1. The number of hydrogen-bond donors (Lipinski definition) is 15. The summed E-state index contributed by atoms with van der Waals surface area (Å²) in [7, 11) is 0. The molecule has 10 atom stereocenters. The number of nitrogens with one attached hydrogen (secondary N) is 8. The number of rotatable bonds is 38. The van der Waals surface area contributed by atoms with Crippen molar-refractivity contribution >= 4 is 76.9 Å². The molecule has 0 unspecified atom stereocenters. The summed E-state index contributed by atoms with van der Waals surface area (Å²) in [6, 6.07) is 4.18. The number of likely N-dealkylation sites (tertiary alicyclic amines) is 2. The Hall–Kier alpha value is -9.09. The van der Waals surface area contributed by atoms with E-state index in [-0.39, 0.29) is 114 Å². The van der Waals surface area contributed by atoms with Crippen LogP contribution >= 0.6 is 0 Å². The SMILES string of the molecule is CC[C@H](C)[C@H](NC(=O)[C@H](CCCN=C(N)N)NC(=O)[C@H](CC(C)C)NC(=O)[C@H](Cc1ccccc1)NC(=O)[C@@H]1CCCN1C(=O)CNC(=O)[C@H](Cc1ccc(O)cc1)NC(C)=O)C(=O)N[C@@H](CCCN=C(N)N)C(=O)N1CCC[C@H]1C(=O)N[C@@H](CCCCN)C(N)=O. The molecule has 2 aliphatic heterocycles. The number of hydrogen-bond acceptors (Lipinski definition) is 15. The number of nitrogens with zero attached hydrogens (tertiary/aromatic N) is 4. The van der Waals surface area contributed by atoms with Crippen LogP contribution in [-0.2, 0) is 65.6 Å². The Labute approximate surface area is 537 Å². The van der Waals surface area contributed by atoms with Crippen LogP contribution in [0.25, 0.3) is 0 Å². The number of aliphatic imine (C=N–C) groups is 2. The normalized spacial score (nSPS) is 17.0. The average molecular weight is 1290 g/mol. The molecule has 21 N–H and O–H groups in total. The summed E-state index contributed by atoms with van der Waals surface area (Å²) in [4.78, 5) is 164. The number of carbonyl (C=O) groups is 11. The lowest BCUT2D eigenvalue weighted by Gasteiger charge is -2.32. The van der Waals surface area contributed by atoms with Crippen LogP contribution in [0.5, 0.6) is 5.75 Å². The van der Waals surface area contributed by atoms with E-state index in [1.807, 2.05) is 13.8 Å². The second-order valence-corrected chi connectivity index (χ2v) is 23.9. The summed E-state index contributed by atoms with van der Waals surface area (Å²) in [6.07, 6.45) is 3.43. The van der Waals surface area contributed by atoms with Crippen molar-refractivity contribution in [2.45, 2.75) is 185 Å². The molecule has 508 valence electrons. The molecule has 0 bridgehead atoms. The molecule has 30 heteroatoms. The van der Waals surface area contributed by atoms with Crippen LogP contribution in [0.4, 0.5) is 0 Å². The zero-order valence-corrected chi connectivity index (χ0v) is 53.6. The van der Waals surface area contributed by atoms with Gasteiger partial charge in [-0.2, -0.15) is 0 Å². The minimum Gasteiger partial charge on any atom is -0.508 e. The lowest BCUT2D eigenvalue weighted by molar-refractivity contribution is -0.142. The van der Waals surface area contributed by atoms with Crippen molar-refractivity contribution in [2.75, 3.05) is 39.3 Å². The molecule has 11 amide bonds. The fourth-order valence-corrected chi connectivity index (χ4v) is 10.9. The van der Waals surface area contributed by atoms with Crippen molar-refractivity contribution in [3.8, 4) is 5.75 Å². The Morgan fingerprint density at radius 1 is 0.565 bits per heavy atom. The van der Waals surface area contributed by atoms with Gasteiger partial charge in [-0.3, -0.25) is 62.7 Å². The lowest BCUT2D eigenvalue weighted by Crippen LogP contribution is -2.61. The number of phenolic OH excluding ortho intramolecular Hbond substituents is 1. The van der Waals surface area contributed by atoms with Crippen molar-refractivity contribution in [1.29, 1.82) is 0 Å². The van der Waals surface area contributed by atoms with Crippen LogP contribution in [0.2, 0.25) is 0 Å². The fraction of sp³-hybridized carbons (Fsp3) is 0.597. The summed E-state index contributed by atoms with van der Waals surface area (Å²) in [5, 5.41) is 31.6. The van der Waals surface area contributed by atoms with Gasteiger partial charge in [0.05, 0.1) is 6.54 Å². The average Bonchev–Trinajstić information content (AvgIpc) is 1.82. The summed E-state index contributed by atoms with van der Waals surface area (Å²) < 4.78 is 0. The summed E-state index contributed by atoms with van der Waals surface area (Å²) in [5.74, 6) is -8.62. The molecule has 0 aromatic heterocycles. The van der Waals surface area contributed by atoms with Gasteiger partial charge in [0.25, 0.3) is 0 Å². The number of unbranched alkanes of at least 4 members (excludes halogenated alkanes) is 1. The highest BCUT2D eigenvalue weighted by Gasteiger charge is 2.41. The molecule has 2 aliphatic rings. The topological polar surface area (TPSA) is 492 Å². The zero-order chi connectivity index (χ0) is 68.0. The first-order valence-corrected chi connectivity index (χ1v) is 31.6. The number of carbonyl (C=O) groups excluding carboxylic acids is 11. The van der Waals surface area contributed by atoms with E-state index in [2.05, 4.69) is 52.5 Å². The van der Waals surface area contributed by atoms with E-state index in [1.54, 1.807) is 56.3 Å². The number of phenols is 1. The fourth-order valence-electron chi connectivity index (χ4n) is 10.9. The highest BCUT2D eigenvalue weighted by Crippen LogP contribution is 2.23. The first kappa shape index (κ1) is 75.4. The first-order chi connectivity index (χ1) is 43.7. The minimum absolute atomic E-state index is 0.00682. The molecule has 2 aromatic carbocycles. The van der Waals surface area contributed by atoms with Crippen molar-refractivity contribution in [1.82, 2.24) is 52.3 Å². The summed E-state index contributed by atoms with van der Waals surface area (Å²) >= 11 is 0. The van der Waals surface area contributed by atoms with Gasteiger partial charge in [0.2, 0.25) is 65.0 Å². The highest BCUT2D eigenvalue weighted by molar-refractivity contribution is 5.99. The van der Waals surface area contributed by atoms with E-state index in [0.717, 1.165) is 0 Å². The van der Waals surface area contributed by atoms with E-state index in [4.69, 9.17) is 34.4 Å². The molecule has 30 nitrogen and oxygen atoms in total. The van der Waals surface area contributed by atoms with Crippen molar-refractivity contribution in [3.05, 3.63) is 65.7 Å². The number of nitrogens with two attached hydrogens (primary N) is 6. The van der Waals surface area contributed by atoms with Gasteiger partial charge < -0.3 is 91.8 Å². The molecule has 2 heterocycles. The molecule has 0 aliphatic carbocycles. The molecule has 2 saturated heterocycles. The Balaban J connectivity index is 1.57. The molecule has 2 aromatic rings. The molecule has 2 fully saturated rings. The molecule has 0 spiro atoms. The largest absolute Gasteiger partial charge is 0.508 e. The Kier molecular flexibility index (Phi) is 31.6. The van der Waals surface area contributed by atoms with Gasteiger partial charge in [0.15, 0.2) is 11.9 Å². The number of amides is 11. The van der Waals surface area contributed by atoms with Crippen LogP contribution in [0.15, 0.2) is 64.6 Å². The summed E-state index contributed by atoms with van der Waals surface area (Å²) in [5.41, 5.74) is 34.9. The maximum atomic E-state index is 14.7. The van der Waals surface area contributed by atoms with Crippen molar-refractivity contribution < 1.29 is 57.8 Å². The maximum absolute atomic E-state index is 14.7. The highest BCUT2D eigenvalue weighted by atomic mass is 16.3. The van der Waals surface area contributed by atoms with Gasteiger partial charge in [0.1, 0.15) is 60.1 Å². The van der Waals surface area contributed by atoms with Gasteiger partial charge in [-0.25, -0.2) is 0 Å². The van der Waals surface area contributed by atoms with Gasteiger partial charge in [-0.1, -0.05) is 76.6 Å². The third-order valence-electron chi connectivity index (χ3n) is 16.0. The number of guanidine groups is 2. The van der Waals surface area contributed by atoms with Crippen LogP contribution < -0.4 is 76.9 Å². The monoisotopic (exact) mass is 1290 g/mol. The molecular weight excluding hydrogens is 1190 g/mol. The Morgan fingerprint density at radius 3 is 1.62 bits per heavy atom. The third kappa shape index (κ3) is 25.3. The van der Waals surface area contributed by atoms with Gasteiger partial charge >= 0.3 is 0 Å². The second kappa shape index (κ2) is 38.6. The molecule has 0 saturated carbocycles. The summed E-state index contributed by atoms with van der Waals surface area (Å²) in [6.45, 7) is 8.69. The maximum Gasteiger partial charge on any atom is 0.245 e. The smallest absolute Gasteiger partial charge is 0.245 e. The van der Waals surface area contributed by atoms with Crippen molar-refractivity contribution in [2.24, 2.45) is 56.2 Å². The molecule has 92 heavy (non-hydrogen) atoms. The van der Waals surface area contributed by atoms with Crippen LogP contribution in [0, 0.1) is 11.8 Å². The number of aromatic hydroxyl groups is 1. The predicted octanol–water partition coefficient (Wildman–Crippen LogP) is -2.50. The van der Waals surface area contributed by atoms with Gasteiger partial charge in [-0.05, 0) is 119 Å². The Bertz CT molecular complexity index is 2870. The molecule has 0 radical (unpaired) electrons. The van der Waals surface area contributed by atoms with E-state index in [0.29, 0.717) is 49.8 Å². The minimum atomic E-state index is -1.37. The molecule has 4 rings (SSSR count). The van der Waals surface area contributed by atoms with Crippen molar-refractivity contribution in [3.63, 3.8) is 0 Å². The Morgan fingerprint density at radius 2 is 1.07 bits per heavy atom. The van der Waals surface area contributed by atoms with Gasteiger partial charge in [0, 0.05) is 45.9 Å². The van der Waals surface area contributed by atoms with Gasteiger partial charge in [-0.15, -0.1) is 0 Å². The van der Waals surface area contributed by atoms with E-state index >= 15 is 0 Å². The van der Waals surface area contributed by atoms with Crippen LogP contribution in [0.1, 0.15) is 129 Å². The van der Waals surface area contributed by atoms with E-state index in [9.17, 15) is 57.8 Å².